The zero-order valence-electron chi connectivity index (χ0n) is 8.18. The van der Waals surface area contributed by atoms with Crippen LogP contribution in [0.2, 0.25) is 0 Å². The molecule has 0 aliphatic rings. The van der Waals surface area contributed by atoms with Gasteiger partial charge in [-0.05, 0) is 24.6 Å². The van der Waals surface area contributed by atoms with Crippen molar-refractivity contribution in [1.82, 2.24) is 0 Å². The number of hydrogen-bond donors (Lipinski definition) is 0. The van der Waals surface area contributed by atoms with Gasteiger partial charge in [0.2, 0.25) is 0 Å². The summed E-state index contributed by atoms with van der Waals surface area (Å²) in [6.45, 7) is 2.05. The van der Waals surface area contributed by atoms with Gasteiger partial charge in [-0.1, -0.05) is 25.2 Å². The van der Waals surface area contributed by atoms with E-state index in [1.54, 1.807) is 6.07 Å². The van der Waals surface area contributed by atoms with Crippen LogP contribution in [0.5, 0.6) is 0 Å². The lowest BCUT2D eigenvalue weighted by Crippen LogP contribution is -1.82. The Kier molecular flexibility index (Phi) is 4.57. The zero-order valence-corrected chi connectivity index (χ0v) is 10.6. The fourth-order valence-electron chi connectivity index (χ4n) is 0.920. The molecular weight excluding hydrogens is 252 g/mol. The molecule has 2 nitrogen and oxygen atoms in total. The molecule has 0 radical (unpaired) electrons. The van der Waals surface area contributed by atoms with Gasteiger partial charge in [0.05, 0.1) is 0 Å². The third kappa shape index (κ3) is 4.20. The maximum Gasteiger partial charge on any atom is 0.270 e. The molecule has 0 saturated heterocycles. The van der Waals surface area contributed by atoms with Crippen molar-refractivity contribution in [1.29, 1.82) is 0 Å². The van der Waals surface area contributed by atoms with Crippen molar-refractivity contribution >= 4 is 37.1 Å². The van der Waals surface area contributed by atoms with Crippen molar-refractivity contribution in [2.75, 3.05) is 0 Å². The fourth-order valence-corrected chi connectivity index (χ4v) is 2.93. The molecule has 0 saturated carbocycles. The number of allylic oxidation sites excluding steroid dienone is 3. The average Bonchev–Trinajstić information content (AvgIpc) is 2.60. The average molecular weight is 263 g/mol. The van der Waals surface area contributed by atoms with Crippen molar-refractivity contribution in [3.8, 4) is 0 Å². The molecule has 0 aromatic carbocycles. The summed E-state index contributed by atoms with van der Waals surface area (Å²) in [6.07, 6.45) is 8.65. The molecule has 15 heavy (non-hydrogen) atoms. The van der Waals surface area contributed by atoms with Crippen LogP contribution in [0.3, 0.4) is 0 Å². The van der Waals surface area contributed by atoms with Gasteiger partial charge in [-0.2, -0.15) is 0 Å². The number of rotatable bonds is 4. The summed E-state index contributed by atoms with van der Waals surface area (Å²) >= 11 is 1.16. The standard InChI is InChI=1S/C10H11ClO2S2/c1-2-3-4-5-6-9-7-8-10(14-9)15(11,12)13/h3-8H,2H2,1H3/b4-3-,6-5-. The maximum atomic E-state index is 11.0. The normalized spacial score (nSPS) is 12.9. The van der Waals surface area contributed by atoms with Gasteiger partial charge in [-0.25, -0.2) is 8.42 Å². The molecule has 5 heteroatoms. The third-order valence-electron chi connectivity index (χ3n) is 1.59. The van der Waals surface area contributed by atoms with Crippen LogP contribution in [0.25, 0.3) is 6.08 Å². The second kappa shape index (κ2) is 5.49. The summed E-state index contributed by atoms with van der Waals surface area (Å²) in [4.78, 5) is 0.870. The minimum absolute atomic E-state index is 0.184. The van der Waals surface area contributed by atoms with E-state index in [9.17, 15) is 8.42 Å². The van der Waals surface area contributed by atoms with E-state index in [4.69, 9.17) is 10.7 Å². The van der Waals surface area contributed by atoms with Gasteiger partial charge < -0.3 is 0 Å². The van der Waals surface area contributed by atoms with E-state index < -0.39 is 9.05 Å². The first kappa shape index (κ1) is 12.5. The van der Waals surface area contributed by atoms with E-state index in [-0.39, 0.29) is 4.21 Å². The Morgan fingerprint density at radius 3 is 2.67 bits per heavy atom. The molecule has 1 aromatic heterocycles. The topological polar surface area (TPSA) is 34.1 Å². The van der Waals surface area contributed by atoms with Crippen LogP contribution in [-0.2, 0) is 9.05 Å². The first-order chi connectivity index (χ1) is 7.04. The van der Waals surface area contributed by atoms with E-state index in [1.807, 2.05) is 31.2 Å². The number of halogens is 1. The predicted molar refractivity (Wildman–Crippen MR) is 65.8 cm³/mol. The molecule has 0 unspecified atom stereocenters. The Morgan fingerprint density at radius 2 is 2.13 bits per heavy atom. The first-order valence-corrected chi connectivity index (χ1v) is 7.54. The van der Waals surface area contributed by atoms with Crippen molar-refractivity contribution in [3.63, 3.8) is 0 Å². The molecule has 1 rings (SSSR count). The predicted octanol–water partition coefficient (Wildman–Crippen LogP) is 3.66. The first-order valence-electron chi connectivity index (χ1n) is 4.41. The van der Waals surface area contributed by atoms with Crippen LogP contribution in [0.1, 0.15) is 18.2 Å². The molecule has 1 heterocycles. The van der Waals surface area contributed by atoms with E-state index in [0.717, 1.165) is 22.6 Å². The minimum atomic E-state index is -3.58. The van der Waals surface area contributed by atoms with Gasteiger partial charge in [0.25, 0.3) is 9.05 Å². The molecule has 0 bridgehead atoms. The SMILES string of the molecule is CC/C=C\C=C/c1ccc(S(=O)(=O)Cl)s1. The number of thiophene rings is 1. The second-order valence-electron chi connectivity index (χ2n) is 2.79. The zero-order chi connectivity index (χ0) is 11.3. The van der Waals surface area contributed by atoms with Gasteiger partial charge in [0.15, 0.2) is 0 Å². The Balaban J connectivity index is 2.78. The summed E-state index contributed by atoms with van der Waals surface area (Å²) in [6, 6.07) is 3.24. The van der Waals surface area contributed by atoms with Crippen molar-refractivity contribution in [2.24, 2.45) is 0 Å². The molecule has 0 spiro atoms. The van der Waals surface area contributed by atoms with Crippen LogP contribution in [0.15, 0.2) is 34.6 Å². The summed E-state index contributed by atoms with van der Waals surface area (Å²) in [7, 11) is 1.62. The van der Waals surface area contributed by atoms with Gasteiger partial charge >= 0.3 is 0 Å². The quantitative estimate of drug-likeness (QED) is 0.613. The lowest BCUT2D eigenvalue weighted by atomic mass is 10.3. The molecule has 0 aliphatic carbocycles. The molecule has 0 atom stereocenters. The molecule has 0 fully saturated rings. The van der Waals surface area contributed by atoms with Crippen molar-refractivity contribution in [3.05, 3.63) is 35.2 Å². The second-order valence-corrected chi connectivity index (χ2v) is 6.70. The molecule has 0 amide bonds. The lowest BCUT2D eigenvalue weighted by Gasteiger charge is -1.85. The third-order valence-corrected chi connectivity index (χ3v) is 4.73. The summed E-state index contributed by atoms with van der Waals surface area (Å²) in [5.74, 6) is 0. The molecule has 0 aliphatic heterocycles. The molecule has 82 valence electrons. The summed E-state index contributed by atoms with van der Waals surface area (Å²) in [5, 5.41) is 0. The van der Waals surface area contributed by atoms with E-state index in [0.29, 0.717) is 0 Å². The lowest BCUT2D eigenvalue weighted by molar-refractivity contribution is 0.611. The Hall–Kier alpha value is -0.580. The highest BCUT2D eigenvalue weighted by molar-refractivity contribution is 8.15. The van der Waals surface area contributed by atoms with Gasteiger partial charge in [0, 0.05) is 15.6 Å². The van der Waals surface area contributed by atoms with Crippen LogP contribution < -0.4 is 0 Å². The Labute approximate surface area is 98.3 Å². The monoisotopic (exact) mass is 262 g/mol. The Bertz CT molecular complexity index is 469. The van der Waals surface area contributed by atoms with Gasteiger partial charge in [-0.3, -0.25) is 0 Å². The van der Waals surface area contributed by atoms with Crippen LogP contribution in [0.4, 0.5) is 0 Å². The van der Waals surface area contributed by atoms with E-state index in [2.05, 4.69) is 0 Å². The van der Waals surface area contributed by atoms with Gasteiger partial charge in [-0.15, -0.1) is 11.3 Å². The molecular formula is C10H11ClO2S2. The van der Waals surface area contributed by atoms with Crippen LogP contribution in [-0.4, -0.2) is 8.42 Å². The highest BCUT2D eigenvalue weighted by atomic mass is 35.7. The van der Waals surface area contributed by atoms with E-state index in [1.165, 1.54) is 6.07 Å². The molecule has 1 aromatic rings. The van der Waals surface area contributed by atoms with Gasteiger partial charge in [0.1, 0.15) is 4.21 Å². The fraction of sp³-hybridized carbons (Fsp3) is 0.200. The highest BCUT2D eigenvalue weighted by Gasteiger charge is 2.11. The minimum Gasteiger partial charge on any atom is -0.206 e. The summed E-state index contributed by atoms with van der Waals surface area (Å²) < 4.78 is 22.1. The van der Waals surface area contributed by atoms with Crippen molar-refractivity contribution < 1.29 is 8.42 Å². The Morgan fingerprint density at radius 1 is 1.40 bits per heavy atom. The van der Waals surface area contributed by atoms with Crippen LogP contribution >= 0.6 is 22.0 Å². The largest absolute Gasteiger partial charge is 0.270 e. The highest BCUT2D eigenvalue weighted by Crippen LogP contribution is 2.25. The van der Waals surface area contributed by atoms with E-state index >= 15 is 0 Å². The van der Waals surface area contributed by atoms with Crippen LogP contribution in [0, 0.1) is 0 Å². The molecule has 0 N–H and O–H groups in total. The summed E-state index contributed by atoms with van der Waals surface area (Å²) in [5.41, 5.74) is 0. The van der Waals surface area contributed by atoms with Crippen molar-refractivity contribution in [2.45, 2.75) is 17.6 Å². The number of hydrogen-bond acceptors (Lipinski definition) is 3. The maximum absolute atomic E-state index is 11.0. The smallest absolute Gasteiger partial charge is 0.206 e.